The molecule has 0 spiro atoms. The van der Waals surface area contributed by atoms with Gasteiger partial charge in [0.15, 0.2) is 0 Å². The zero-order valence-electron chi connectivity index (χ0n) is 14.2. The molecule has 2 aromatic carbocycles. The van der Waals surface area contributed by atoms with Crippen LogP contribution in [0.3, 0.4) is 0 Å². The molecule has 6 nitrogen and oxygen atoms in total. The van der Waals surface area contributed by atoms with E-state index in [0.717, 1.165) is 11.1 Å². The predicted octanol–water partition coefficient (Wildman–Crippen LogP) is 1.66. The van der Waals surface area contributed by atoms with Crippen LogP contribution >= 0.6 is 0 Å². The van der Waals surface area contributed by atoms with Gasteiger partial charge < -0.3 is 5.11 Å². The monoisotopic (exact) mass is 339 g/mol. The highest BCUT2D eigenvalue weighted by Crippen LogP contribution is 2.29. The van der Waals surface area contributed by atoms with Gasteiger partial charge in [0.2, 0.25) is 5.91 Å². The lowest BCUT2D eigenvalue weighted by molar-refractivity contribution is -0.119. The van der Waals surface area contributed by atoms with Crippen LogP contribution in [0, 0.1) is 13.8 Å². The summed E-state index contributed by atoms with van der Waals surface area (Å²) in [6, 6.07) is 13.7. The molecule has 0 radical (unpaired) electrons. The van der Waals surface area contributed by atoms with Crippen LogP contribution < -0.4 is 15.8 Å². The average Bonchev–Trinajstić information content (AvgIpc) is 2.88. The van der Waals surface area contributed by atoms with Crippen molar-refractivity contribution in [1.82, 2.24) is 10.9 Å². The van der Waals surface area contributed by atoms with Crippen LogP contribution in [0.4, 0.5) is 5.69 Å². The van der Waals surface area contributed by atoms with Gasteiger partial charge in [-0.15, -0.1) is 0 Å². The number of carbonyl (C=O) groups excluding carboxylic acids is 2. The molecule has 3 rings (SSSR count). The van der Waals surface area contributed by atoms with E-state index in [-0.39, 0.29) is 18.2 Å². The van der Waals surface area contributed by atoms with E-state index in [2.05, 4.69) is 10.9 Å². The highest BCUT2D eigenvalue weighted by atomic mass is 16.3. The lowest BCUT2D eigenvalue weighted by Gasteiger charge is -2.23. The first-order valence-electron chi connectivity index (χ1n) is 8.16. The number of amides is 2. The van der Waals surface area contributed by atoms with Gasteiger partial charge in [-0.2, -0.15) is 0 Å². The SMILES string of the molecule is Cc1ccc(N2C(=O)[C@H](NNC(=O)c3ccccc3)CC2O)c(C)c1. The van der Waals surface area contributed by atoms with E-state index in [1.165, 1.54) is 4.90 Å². The summed E-state index contributed by atoms with van der Waals surface area (Å²) in [7, 11) is 0. The Kier molecular flexibility index (Phi) is 4.83. The maximum Gasteiger partial charge on any atom is 0.265 e. The van der Waals surface area contributed by atoms with Crippen LogP contribution in [-0.4, -0.2) is 29.2 Å². The second-order valence-electron chi connectivity index (χ2n) is 6.23. The van der Waals surface area contributed by atoms with E-state index >= 15 is 0 Å². The van der Waals surface area contributed by atoms with Crippen molar-refractivity contribution in [2.75, 3.05) is 4.90 Å². The van der Waals surface area contributed by atoms with Crippen molar-refractivity contribution in [2.24, 2.45) is 0 Å². The largest absolute Gasteiger partial charge is 0.373 e. The fraction of sp³-hybridized carbons (Fsp3) is 0.263. The minimum atomic E-state index is -0.931. The fourth-order valence-corrected chi connectivity index (χ4v) is 3.02. The van der Waals surface area contributed by atoms with Gasteiger partial charge in [0.1, 0.15) is 12.3 Å². The summed E-state index contributed by atoms with van der Waals surface area (Å²) in [5, 5.41) is 10.3. The summed E-state index contributed by atoms with van der Waals surface area (Å²) in [5.74, 6) is -0.597. The molecule has 2 aromatic rings. The van der Waals surface area contributed by atoms with E-state index in [1.54, 1.807) is 24.3 Å². The van der Waals surface area contributed by atoms with Crippen LogP contribution in [0.1, 0.15) is 27.9 Å². The number of aryl methyl sites for hydroxylation is 2. The van der Waals surface area contributed by atoms with E-state index in [9.17, 15) is 14.7 Å². The highest BCUT2D eigenvalue weighted by molar-refractivity contribution is 6.01. The Morgan fingerprint density at radius 3 is 2.56 bits per heavy atom. The molecule has 1 aliphatic rings. The van der Waals surface area contributed by atoms with Crippen molar-refractivity contribution in [3.63, 3.8) is 0 Å². The molecule has 2 atom stereocenters. The molecule has 1 saturated heterocycles. The zero-order chi connectivity index (χ0) is 18.0. The molecule has 3 N–H and O–H groups in total. The Labute approximate surface area is 146 Å². The normalized spacial score (nSPS) is 20.0. The lowest BCUT2D eigenvalue weighted by atomic mass is 10.1. The summed E-state index contributed by atoms with van der Waals surface area (Å²) >= 11 is 0. The second-order valence-corrected chi connectivity index (χ2v) is 6.23. The second kappa shape index (κ2) is 7.04. The molecule has 6 heteroatoms. The summed E-state index contributed by atoms with van der Waals surface area (Å²) < 4.78 is 0. The summed E-state index contributed by atoms with van der Waals surface area (Å²) in [6.07, 6.45) is -0.735. The summed E-state index contributed by atoms with van der Waals surface area (Å²) in [6.45, 7) is 3.88. The number of aliphatic hydroxyl groups excluding tert-OH is 1. The van der Waals surface area contributed by atoms with Crippen LogP contribution in [0.5, 0.6) is 0 Å². The maximum absolute atomic E-state index is 12.7. The summed E-state index contributed by atoms with van der Waals surface area (Å²) in [5.41, 5.74) is 8.46. The molecule has 1 fully saturated rings. The van der Waals surface area contributed by atoms with Crippen molar-refractivity contribution < 1.29 is 14.7 Å². The van der Waals surface area contributed by atoms with Crippen molar-refractivity contribution >= 4 is 17.5 Å². The molecule has 1 unspecified atom stereocenters. The first-order valence-corrected chi connectivity index (χ1v) is 8.16. The molecule has 1 aliphatic heterocycles. The van der Waals surface area contributed by atoms with Gasteiger partial charge >= 0.3 is 0 Å². The van der Waals surface area contributed by atoms with Crippen LogP contribution in [-0.2, 0) is 4.79 Å². The number of anilines is 1. The summed E-state index contributed by atoms with van der Waals surface area (Å²) in [4.78, 5) is 26.1. The molecule has 0 bridgehead atoms. The van der Waals surface area contributed by atoms with Gasteiger partial charge in [0, 0.05) is 17.7 Å². The van der Waals surface area contributed by atoms with Gasteiger partial charge in [-0.3, -0.25) is 19.9 Å². The van der Waals surface area contributed by atoms with Crippen molar-refractivity contribution in [3.8, 4) is 0 Å². The lowest BCUT2D eigenvalue weighted by Crippen LogP contribution is -2.48. The Morgan fingerprint density at radius 2 is 1.88 bits per heavy atom. The average molecular weight is 339 g/mol. The topological polar surface area (TPSA) is 81.7 Å². The first kappa shape index (κ1) is 17.1. The molecule has 0 aromatic heterocycles. The number of nitrogens with zero attached hydrogens (tertiary/aromatic N) is 1. The molecule has 0 saturated carbocycles. The molecular weight excluding hydrogens is 318 g/mol. The minimum absolute atomic E-state index is 0.196. The number of benzene rings is 2. The molecule has 2 amide bonds. The fourth-order valence-electron chi connectivity index (χ4n) is 3.02. The number of nitrogens with one attached hydrogen (secondary N) is 2. The quantitative estimate of drug-likeness (QED) is 0.740. The van der Waals surface area contributed by atoms with Crippen LogP contribution in [0.25, 0.3) is 0 Å². The Bertz CT molecular complexity index is 792. The van der Waals surface area contributed by atoms with Gasteiger partial charge in [0.05, 0.1) is 0 Å². The highest BCUT2D eigenvalue weighted by Gasteiger charge is 2.40. The van der Waals surface area contributed by atoms with Gasteiger partial charge in [-0.1, -0.05) is 35.9 Å². The van der Waals surface area contributed by atoms with Crippen LogP contribution in [0.15, 0.2) is 48.5 Å². The molecule has 130 valence electrons. The Hall–Kier alpha value is -2.70. The predicted molar refractivity (Wildman–Crippen MR) is 94.9 cm³/mol. The first-order chi connectivity index (χ1) is 12.0. The van der Waals surface area contributed by atoms with Gasteiger partial charge in [-0.25, -0.2) is 5.43 Å². The van der Waals surface area contributed by atoms with Crippen molar-refractivity contribution in [3.05, 3.63) is 65.2 Å². The van der Waals surface area contributed by atoms with E-state index in [0.29, 0.717) is 11.3 Å². The van der Waals surface area contributed by atoms with E-state index < -0.39 is 12.3 Å². The standard InChI is InChI=1S/C19H21N3O3/c1-12-8-9-16(13(2)10-12)22-17(23)11-15(19(22)25)20-21-18(24)14-6-4-3-5-7-14/h3-10,15,17,20,23H,11H2,1-2H3,(H,21,24)/t15-,17?/m1/s1. The van der Waals surface area contributed by atoms with E-state index in [4.69, 9.17) is 0 Å². The van der Waals surface area contributed by atoms with Gasteiger partial charge in [0.25, 0.3) is 5.91 Å². The van der Waals surface area contributed by atoms with Crippen molar-refractivity contribution in [1.29, 1.82) is 0 Å². The van der Waals surface area contributed by atoms with Crippen molar-refractivity contribution in [2.45, 2.75) is 32.5 Å². The molecule has 25 heavy (non-hydrogen) atoms. The van der Waals surface area contributed by atoms with E-state index in [1.807, 2.05) is 38.1 Å². The molecule has 1 heterocycles. The number of aliphatic hydroxyl groups is 1. The number of hydrogen-bond donors (Lipinski definition) is 3. The maximum atomic E-state index is 12.7. The Balaban J connectivity index is 1.69. The smallest absolute Gasteiger partial charge is 0.265 e. The van der Waals surface area contributed by atoms with Gasteiger partial charge in [-0.05, 0) is 37.6 Å². The number of hydrazine groups is 1. The Morgan fingerprint density at radius 1 is 1.16 bits per heavy atom. The minimum Gasteiger partial charge on any atom is -0.373 e. The number of hydrogen-bond acceptors (Lipinski definition) is 4. The molecular formula is C19H21N3O3. The third-order valence-electron chi connectivity index (χ3n) is 4.29. The number of carbonyl (C=O) groups is 2. The number of rotatable bonds is 4. The zero-order valence-corrected chi connectivity index (χ0v) is 14.2. The third kappa shape index (κ3) is 3.55. The van der Waals surface area contributed by atoms with Crippen LogP contribution in [0.2, 0.25) is 0 Å². The third-order valence-corrected chi connectivity index (χ3v) is 4.29. The molecule has 0 aliphatic carbocycles.